The maximum absolute atomic E-state index is 2.47. The van der Waals surface area contributed by atoms with Crippen molar-refractivity contribution in [1.82, 2.24) is 0 Å². The maximum Gasteiger partial charge on any atom is 0.0640 e. The van der Waals surface area contributed by atoms with Gasteiger partial charge in [0.25, 0.3) is 0 Å². The van der Waals surface area contributed by atoms with Gasteiger partial charge in [-0.2, -0.15) is 0 Å². The molecule has 0 spiro atoms. The quantitative estimate of drug-likeness (QED) is 0.158. The molecule has 0 atom stereocenters. The molecule has 1 heterocycles. The van der Waals surface area contributed by atoms with Crippen molar-refractivity contribution in [1.29, 1.82) is 0 Å². The molecule has 0 unspecified atom stereocenters. The molecule has 0 aliphatic carbocycles. The monoisotopic (exact) mass is 679 g/mol. The summed E-state index contributed by atoms with van der Waals surface area (Å²) in [6, 6.07) is 72.9. The van der Waals surface area contributed by atoms with E-state index in [2.05, 4.69) is 205 Å². The Morgan fingerprint density at radius 2 is 0.827 bits per heavy atom. The minimum atomic E-state index is 1.12. The van der Waals surface area contributed by atoms with Crippen molar-refractivity contribution in [3.8, 4) is 33.4 Å². The van der Waals surface area contributed by atoms with Gasteiger partial charge in [-0.15, -0.1) is 11.3 Å². The zero-order valence-corrected chi connectivity index (χ0v) is 29.2. The molecule has 0 fully saturated rings. The number of nitrogens with zero attached hydrogens (tertiary/aromatic N) is 1. The molecule has 0 saturated heterocycles. The first-order valence-corrected chi connectivity index (χ1v) is 18.6. The topological polar surface area (TPSA) is 3.24 Å². The molecule has 0 saturated carbocycles. The van der Waals surface area contributed by atoms with Crippen LogP contribution in [0.3, 0.4) is 0 Å². The van der Waals surface area contributed by atoms with E-state index in [1.807, 2.05) is 11.3 Å². The molecule has 0 N–H and O–H groups in total. The highest BCUT2D eigenvalue weighted by Crippen LogP contribution is 2.49. The van der Waals surface area contributed by atoms with Gasteiger partial charge < -0.3 is 4.90 Å². The summed E-state index contributed by atoms with van der Waals surface area (Å²) in [7, 11) is 0. The summed E-state index contributed by atoms with van der Waals surface area (Å²) in [4.78, 5) is 2.47. The van der Waals surface area contributed by atoms with E-state index in [0.29, 0.717) is 0 Å². The van der Waals surface area contributed by atoms with Crippen molar-refractivity contribution in [2.75, 3.05) is 4.90 Å². The Balaban J connectivity index is 1.31. The lowest BCUT2D eigenvalue weighted by atomic mass is 9.85. The lowest BCUT2D eigenvalue weighted by molar-refractivity contribution is 1.31. The van der Waals surface area contributed by atoms with Crippen LogP contribution in [0.15, 0.2) is 200 Å². The van der Waals surface area contributed by atoms with Gasteiger partial charge in [0, 0.05) is 26.8 Å². The van der Waals surface area contributed by atoms with Crippen LogP contribution in [-0.4, -0.2) is 0 Å². The smallest absolute Gasteiger partial charge is 0.0640 e. The molecule has 0 aliphatic rings. The van der Waals surface area contributed by atoms with E-state index < -0.39 is 0 Å². The van der Waals surface area contributed by atoms with E-state index >= 15 is 0 Å². The third-order valence-electron chi connectivity index (χ3n) is 10.2. The Kier molecular flexibility index (Phi) is 7.41. The second-order valence-corrected chi connectivity index (χ2v) is 14.3. The van der Waals surface area contributed by atoms with Crippen molar-refractivity contribution in [2.24, 2.45) is 0 Å². The van der Waals surface area contributed by atoms with Gasteiger partial charge in [0.1, 0.15) is 0 Å². The van der Waals surface area contributed by atoms with Gasteiger partial charge >= 0.3 is 0 Å². The third-order valence-corrected chi connectivity index (χ3v) is 11.4. The molecule has 10 aromatic rings. The predicted molar refractivity (Wildman–Crippen MR) is 225 cm³/mol. The highest BCUT2D eigenvalue weighted by atomic mass is 32.1. The molecular formula is C50H33NS. The normalized spacial score (nSPS) is 11.5. The van der Waals surface area contributed by atoms with Crippen LogP contribution in [0.25, 0.3) is 75.1 Å². The summed E-state index contributed by atoms with van der Waals surface area (Å²) in [5.41, 5.74) is 10.7. The summed E-state index contributed by atoms with van der Waals surface area (Å²) >= 11 is 1.87. The van der Waals surface area contributed by atoms with Crippen molar-refractivity contribution < 1.29 is 0 Å². The number of anilines is 3. The molecule has 1 aromatic heterocycles. The van der Waals surface area contributed by atoms with Crippen LogP contribution in [-0.2, 0) is 0 Å². The first-order chi connectivity index (χ1) is 25.8. The summed E-state index contributed by atoms with van der Waals surface area (Å²) in [6.07, 6.45) is 0. The van der Waals surface area contributed by atoms with E-state index in [1.54, 1.807) is 0 Å². The fourth-order valence-corrected chi connectivity index (χ4v) is 9.12. The highest BCUT2D eigenvalue weighted by Gasteiger charge is 2.22. The van der Waals surface area contributed by atoms with Crippen LogP contribution in [0.1, 0.15) is 0 Å². The Bertz CT molecular complexity index is 2890. The zero-order chi connectivity index (χ0) is 34.4. The highest BCUT2D eigenvalue weighted by molar-refractivity contribution is 7.26. The van der Waals surface area contributed by atoms with E-state index in [4.69, 9.17) is 0 Å². The molecule has 52 heavy (non-hydrogen) atoms. The summed E-state index contributed by atoms with van der Waals surface area (Å²) in [5, 5.41) is 7.57. The lowest BCUT2D eigenvalue weighted by Gasteiger charge is -2.28. The van der Waals surface area contributed by atoms with Crippen molar-refractivity contribution in [3.63, 3.8) is 0 Å². The average Bonchev–Trinajstić information content (AvgIpc) is 3.61. The van der Waals surface area contributed by atoms with Crippen LogP contribution < -0.4 is 4.90 Å². The molecule has 10 rings (SSSR count). The molecule has 9 aromatic carbocycles. The van der Waals surface area contributed by atoms with Crippen LogP contribution in [0.2, 0.25) is 0 Å². The minimum absolute atomic E-state index is 1.12. The molecule has 1 nitrogen and oxygen atoms in total. The Hall–Kier alpha value is -6.48. The molecule has 0 aliphatic heterocycles. The van der Waals surface area contributed by atoms with E-state index in [9.17, 15) is 0 Å². The third kappa shape index (κ3) is 5.07. The van der Waals surface area contributed by atoms with Crippen LogP contribution in [0, 0.1) is 0 Å². The number of rotatable bonds is 6. The second-order valence-electron chi connectivity index (χ2n) is 13.3. The Morgan fingerprint density at radius 3 is 1.56 bits per heavy atom. The van der Waals surface area contributed by atoms with Crippen molar-refractivity contribution in [3.05, 3.63) is 200 Å². The second kappa shape index (κ2) is 12.7. The van der Waals surface area contributed by atoms with E-state index in [1.165, 1.54) is 80.8 Å². The fourth-order valence-electron chi connectivity index (χ4n) is 7.92. The van der Waals surface area contributed by atoms with Gasteiger partial charge in [-0.05, 0) is 91.3 Å². The van der Waals surface area contributed by atoms with E-state index in [-0.39, 0.29) is 0 Å². The maximum atomic E-state index is 2.47. The first-order valence-electron chi connectivity index (χ1n) is 17.8. The van der Waals surface area contributed by atoms with Crippen molar-refractivity contribution >= 4 is 70.1 Å². The predicted octanol–water partition coefficient (Wildman–Crippen LogP) is 14.8. The number of thiophene rings is 1. The van der Waals surface area contributed by atoms with Crippen LogP contribution in [0.4, 0.5) is 17.1 Å². The SMILES string of the molecule is c1ccc(-c2cccc(N(c3ccc4c(c3)c(-c3ccccc3)c(-c3ccccc3)c3ccccc34)c3cccc4c3sc3ccccc34)c2)cc1. The molecule has 244 valence electrons. The van der Waals surface area contributed by atoms with Gasteiger partial charge in [-0.3, -0.25) is 0 Å². The van der Waals surface area contributed by atoms with Crippen LogP contribution in [0.5, 0.6) is 0 Å². The first kappa shape index (κ1) is 30.4. The number of hydrogen-bond acceptors (Lipinski definition) is 2. The molecular weight excluding hydrogens is 647 g/mol. The average molecular weight is 680 g/mol. The van der Waals surface area contributed by atoms with Gasteiger partial charge in [0.15, 0.2) is 0 Å². The van der Waals surface area contributed by atoms with E-state index in [0.717, 1.165) is 11.4 Å². The van der Waals surface area contributed by atoms with Crippen LogP contribution >= 0.6 is 11.3 Å². The number of benzene rings is 9. The summed E-state index contributed by atoms with van der Waals surface area (Å²) < 4.78 is 2.58. The molecule has 2 heteroatoms. The zero-order valence-electron chi connectivity index (χ0n) is 28.4. The number of hydrogen-bond donors (Lipinski definition) is 0. The standard InChI is InChI=1S/C50H33NS/c1-4-16-34(17-5-1)37-22-14-23-38(32-37)51(46-28-15-27-44-42-25-12-13-29-47(42)52-50(44)46)39-30-31-41-40-24-10-11-26-43(40)48(35-18-6-2-7-19-35)49(45(41)33-39)36-20-8-3-9-21-36/h1-33H. The molecule has 0 amide bonds. The molecule has 0 radical (unpaired) electrons. The fraction of sp³-hybridized carbons (Fsp3) is 0. The summed E-state index contributed by atoms with van der Waals surface area (Å²) in [6.45, 7) is 0. The van der Waals surface area contributed by atoms with Crippen molar-refractivity contribution in [2.45, 2.75) is 0 Å². The Labute approximate surface area is 307 Å². The van der Waals surface area contributed by atoms with Gasteiger partial charge in [0.05, 0.1) is 10.4 Å². The number of fused-ring (bicyclic) bond motifs is 6. The largest absolute Gasteiger partial charge is 0.309 e. The lowest BCUT2D eigenvalue weighted by Crippen LogP contribution is -2.10. The molecule has 0 bridgehead atoms. The Morgan fingerprint density at radius 1 is 0.308 bits per heavy atom. The van der Waals surface area contributed by atoms with Gasteiger partial charge in [-0.1, -0.05) is 164 Å². The van der Waals surface area contributed by atoms with Gasteiger partial charge in [0.2, 0.25) is 0 Å². The summed E-state index contributed by atoms with van der Waals surface area (Å²) in [5.74, 6) is 0. The van der Waals surface area contributed by atoms with Gasteiger partial charge in [-0.25, -0.2) is 0 Å². The minimum Gasteiger partial charge on any atom is -0.309 e.